The number of carboxylic acids is 1. The van der Waals surface area contributed by atoms with E-state index in [0.717, 1.165) is 19.1 Å². The minimum Gasteiger partial charge on any atom is -0.493 e. The number of nitrogens with zero attached hydrogens (tertiary/aromatic N) is 1. The van der Waals surface area contributed by atoms with Crippen LogP contribution in [0.2, 0.25) is 0 Å². The standard InChI is InChI=1S/C19H25N3O5S/c1-3-20-18-9-7-16(19(23)24)21-22(18)11-14-10-15(28(2,25)26)6-8-17(14)27-12-13-4-5-13/h6-10,13,20-21H,3-5,11-12H2,1-2H3,(H,23,24). The van der Waals surface area contributed by atoms with E-state index < -0.39 is 15.8 Å². The van der Waals surface area contributed by atoms with E-state index >= 15 is 0 Å². The van der Waals surface area contributed by atoms with Gasteiger partial charge in [0.15, 0.2) is 9.84 Å². The molecule has 0 bridgehead atoms. The first-order valence-corrected chi connectivity index (χ1v) is 11.1. The van der Waals surface area contributed by atoms with Gasteiger partial charge in [-0.3, -0.25) is 10.4 Å². The second-order valence-corrected chi connectivity index (χ2v) is 8.98. The number of carboxylic acid groups (broad SMARTS) is 1. The van der Waals surface area contributed by atoms with Gasteiger partial charge in [0.1, 0.15) is 17.3 Å². The van der Waals surface area contributed by atoms with Crippen LogP contribution < -0.4 is 15.5 Å². The molecule has 1 saturated carbocycles. The average Bonchev–Trinajstić information content (AvgIpc) is 3.45. The number of sulfone groups is 1. The maximum Gasteiger partial charge on any atom is 0.353 e. The summed E-state index contributed by atoms with van der Waals surface area (Å²) in [5, 5.41) is 14.1. The van der Waals surface area contributed by atoms with Crippen LogP contribution in [0.15, 0.2) is 46.8 Å². The van der Waals surface area contributed by atoms with Gasteiger partial charge in [0.05, 0.1) is 18.0 Å². The molecule has 0 aromatic heterocycles. The van der Waals surface area contributed by atoms with Crippen molar-refractivity contribution in [3.63, 3.8) is 0 Å². The predicted molar refractivity (Wildman–Crippen MR) is 104 cm³/mol. The van der Waals surface area contributed by atoms with Crippen LogP contribution in [-0.4, -0.2) is 43.9 Å². The van der Waals surface area contributed by atoms with Gasteiger partial charge in [0, 0.05) is 18.4 Å². The molecule has 0 radical (unpaired) electrons. The molecule has 1 aliphatic carbocycles. The molecule has 9 heteroatoms. The van der Waals surface area contributed by atoms with E-state index in [4.69, 9.17) is 4.74 Å². The third kappa shape index (κ3) is 4.98. The fourth-order valence-corrected chi connectivity index (χ4v) is 3.46. The number of benzene rings is 1. The van der Waals surface area contributed by atoms with Crippen molar-refractivity contribution in [3.8, 4) is 5.75 Å². The number of nitrogens with one attached hydrogen (secondary N) is 2. The monoisotopic (exact) mass is 407 g/mol. The third-order valence-electron chi connectivity index (χ3n) is 4.50. The number of hydrogen-bond acceptors (Lipinski definition) is 7. The topological polar surface area (TPSA) is 108 Å². The Kier molecular flexibility index (Phi) is 5.83. The first-order chi connectivity index (χ1) is 13.3. The Morgan fingerprint density at radius 1 is 1.36 bits per heavy atom. The molecule has 152 valence electrons. The van der Waals surface area contributed by atoms with Crippen molar-refractivity contribution in [1.82, 2.24) is 15.8 Å². The molecule has 0 amide bonds. The fourth-order valence-electron chi connectivity index (χ4n) is 2.79. The molecule has 1 aromatic rings. The average molecular weight is 407 g/mol. The number of hydrazine groups is 1. The summed E-state index contributed by atoms with van der Waals surface area (Å²) in [4.78, 5) is 11.5. The molecule has 1 heterocycles. The molecule has 0 atom stereocenters. The molecule has 0 spiro atoms. The Labute approximate surface area is 164 Å². The first-order valence-electron chi connectivity index (χ1n) is 9.17. The van der Waals surface area contributed by atoms with E-state index in [1.165, 1.54) is 12.1 Å². The van der Waals surface area contributed by atoms with Crippen molar-refractivity contribution in [3.05, 3.63) is 47.4 Å². The van der Waals surface area contributed by atoms with Crippen LogP contribution in [0, 0.1) is 5.92 Å². The van der Waals surface area contributed by atoms with Crippen LogP contribution in [0.25, 0.3) is 0 Å². The number of ether oxygens (including phenoxy) is 1. The van der Waals surface area contributed by atoms with Crippen molar-refractivity contribution in [2.24, 2.45) is 5.92 Å². The highest BCUT2D eigenvalue weighted by Crippen LogP contribution is 2.31. The van der Waals surface area contributed by atoms with Gasteiger partial charge >= 0.3 is 5.97 Å². The lowest BCUT2D eigenvalue weighted by Crippen LogP contribution is -2.44. The number of hydrogen-bond donors (Lipinski definition) is 3. The molecule has 2 aliphatic rings. The summed E-state index contributed by atoms with van der Waals surface area (Å²) in [6.07, 6.45) is 6.60. The fraction of sp³-hybridized carbons (Fsp3) is 0.421. The van der Waals surface area contributed by atoms with Crippen LogP contribution in [0.3, 0.4) is 0 Å². The van der Waals surface area contributed by atoms with Gasteiger partial charge in [0.25, 0.3) is 0 Å². The maximum atomic E-state index is 12.0. The molecule has 0 saturated heterocycles. The Hall–Kier alpha value is -2.68. The van der Waals surface area contributed by atoms with Gasteiger partial charge in [-0.15, -0.1) is 0 Å². The highest BCUT2D eigenvalue weighted by Gasteiger charge is 2.24. The van der Waals surface area contributed by atoms with Gasteiger partial charge in [-0.25, -0.2) is 13.2 Å². The molecular formula is C19H25N3O5S. The quantitative estimate of drug-likeness (QED) is 0.567. The lowest BCUT2D eigenvalue weighted by Gasteiger charge is -2.32. The Balaban J connectivity index is 1.89. The van der Waals surface area contributed by atoms with E-state index in [0.29, 0.717) is 36.2 Å². The maximum absolute atomic E-state index is 12.0. The molecule has 3 N–H and O–H groups in total. The Bertz CT molecular complexity index is 919. The van der Waals surface area contributed by atoms with Gasteiger partial charge in [-0.1, -0.05) is 0 Å². The normalized spacial score (nSPS) is 16.7. The lowest BCUT2D eigenvalue weighted by molar-refractivity contribution is -0.133. The SMILES string of the molecule is CCNC1=CC=C(C(=O)O)NN1Cc1cc(S(C)(=O)=O)ccc1OCC1CC1. The molecule has 1 aliphatic heterocycles. The van der Waals surface area contributed by atoms with Gasteiger partial charge in [-0.2, -0.15) is 0 Å². The zero-order valence-corrected chi connectivity index (χ0v) is 16.8. The summed E-state index contributed by atoms with van der Waals surface area (Å²) >= 11 is 0. The van der Waals surface area contributed by atoms with Crippen molar-refractivity contribution in [1.29, 1.82) is 0 Å². The number of rotatable bonds is 9. The smallest absolute Gasteiger partial charge is 0.353 e. The summed E-state index contributed by atoms with van der Waals surface area (Å²) in [5.74, 6) is 0.759. The van der Waals surface area contributed by atoms with Crippen LogP contribution >= 0.6 is 0 Å². The summed E-state index contributed by atoms with van der Waals surface area (Å²) in [5.41, 5.74) is 3.55. The van der Waals surface area contributed by atoms with Gasteiger partial charge in [-0.05, 0) is 56.0 Å². The molecular weight excluding hydrogens is 382 g/mol. The first kappa shape index (κ1) is 20.1. The van der Waals surface area contributed by atoms with E-state index in [1.807, 2.05) is 6.92 Å². The largest absolute Gasteiger partial charge is 0.493 e. The van der Waals surface area contributed by atoms with E-state index in [1.54, 1.807) is 23.2 Å². The number of carbonyl (C=O) groups is 1. The molecule has 0 unspecified atom stereocenters. The third-order valence-corrected chi connectivity index (χ3v) is 5.61. The minimum atomic E-state index is -3.38. The zero-order valence-electron chi connectivity index (χ0n) is 15.9. The van der Waals surface area contributed by atoms with E-state index in [9.17, 15) is 18.3 Å². The van der Waals surface area contributed by atoms with Crippen molar-refractivity contribution in [2.75, 3.05) is 19.4 Å². The second kappa shape index (κ2) is 8.14. The second-order valence-electron chi connectivity index (χ2n) is 6.96. The van der Waals surface area contributed by atoms with Gasteiger partial charge in [0.2, 0.25) is 0 Å². The molecule has 1 fully saturated rings. The number of aliphatic carboxylic acids is 1. The van der Waals surface area contributed by atoms with Crippen molar-refractivity contribution in [2.45, 2.75) is 31.2 Å². The summed E-state index contributed by atoms with van der Waals surface area (Å²) < 4.78 is 29.9. The van der Waals surface area contributed by atoms with Crippen molar-refractivity contribution < 1.29 is 23.1 Å². The predicted octanol–water partition coefficient (Wildman–Crippen LogP) is 1.62. The zero-order chi connectivity index (χ0) is 20.3. The summed E-state index contributed by atoms with van der Waals surface area (Å²) in [7, 11) is -3.38. The Morgan fingerprint density at radius 2 is 2.11 bits per heavy atom. The van der Waals surface area contributed by atoms with E-state index in [-0.39, 0.29) is 17.1 Å². The van der Waals surface area contributed by atoms with Crippen LogP contribution in [0.5, 0.6) is 5.75 Å². The summed E-state index contributed by atoms with van der Waals surface area (Å²) in [6, 6.07) is 4.79. The van der Waals surface area contributed by atoms with E-state index in [2.05, 4.69) is 10.7 Å². The molecule has 3 rings (SSSR count). The highest BCUT2D eigenvalue weighted by atomic mass is 32.2. The summed E-state index contributed by atoms with van der Waals surface area (Å²) in [6.45, 7) is 3.40. The highest BCUT2D eigenvalue weighted by molar-refractivity contribution is 7.90. The van der Waals surface area contributed by atoms with Crippen LogP contribution in [-0.2, 0) is 21.2 Å². The molecule has 1 aromatic carbocycles. The molecule has 28 heavy (non-hydrogen) atoms. The number of allylic oxidation sites excluding steroid dienone is 2. The van der Waals surface area contributed by atoms with Gasteiger partial charge < -0.3 is 15.2 Å². The van der Waals surface area contributed by atoms with Crippen LogP contribution in [0.1, 0.15) is 25.3 Å². The minimum absolute atomic E-state index is 0.0290. The van der Waals surface area contributed by atoms with Crippen molar-refractivity contribution >= 4 is 15.8 Å². The Morgan fingerprint density at radius 3 is 2.71 bits per heavy atom. The molecule has 8 nitrogen and oxygen atoms in total. The van der Waals surface area contributed by atoms with Crippen LogP contribution in [0.4, 0.5) is 0 Å². The lowest BCUT2D eigenvalue weighted by atomic mass is 10.2.